The minimum atomic E-state index is -3.56. The van der Waals surface area contributed by atoms with Crippen molar-refractivity contribution in [3.63, 3.8) is 0 Å². The van der Waals surface area contributed by atoms with Crippen LogP contribution in [0.5, 0.6) is 0 Å². The minimum Gasteiger partial charge on any atom is -0.327 e. The highest BCUT2D eigenvalue weighted by atomic mass is 79.9. The molecule has 1 unspecified atom stereocenters. The van der Waals surface area contributed by atoms with E-state index < -0.39 is 10.0 Å². The Morgan fingerprint density at radius 1 is 1.42 bits per heavy atom. The van der Waals surface area contributed by atoms with E-state index in [0.29, 0.717) is 17.6 Å². The molecule has 1 aliphatic heterocycles. The second kappa shape index (κ2) is 6.74. The van der Waals surface area contributed by atoms with Gasteiger partial charge in [-0.15, -0.1) is 12.4 Å². The maximum absolute atomic E-state index is 12.5. The Morgan fingerprint density at radius 3 is 2.74 bits per heavy atom. The minimum absolute atomic E-state index is 0. The zero-order chi connectivity index (χ0) is 13.3. The monoisotopic (exact) mass is 388 g/mol. The van der Waals surface area contributed by atoms with Crippen LogP contribution in [-0.4, -0.2) is 31.9 Å². The smallest absolute Gasteiger partial charge is 0.244 e. The zero-order valence-corrected chi connectivity index (χ0v) is 14.0. The molecule has 0 bridgehead atoms. The molecule has 1 aliphatic rings. The molecular formula is C11H15BrCl2N2O2S. The molecule has 0 radical (unpaired) electrons. The standard InChI is InChI=1S/C11H14BrClN2O2S.ClH/c12-8-3-4-10(13)11(6-8)18(16,17)15-5-1-2-9(14)7-15;/h3-4,6,9H,1-2,5,7,14H2;1H. The Hall–Kier alpha value is 0.150. The van der Waals surface area contributed by atoms with Crippen molar-refractivity contribution in [2.45, 2.75) is 23.8 Å². The van der Waals surface area contributed by atoms with Gasteiger partial charge in [0.1, 0.15) is 4.90 Å². The average molecular weight is 390 g/mol. The molecule has 1 saturated heterocycles. The first-order valence-electron chi connectivity index (χ1n) is 5.62. The Balaban J connectivity index is 0.00000180. The van der Waals surface area contributed by atoms with Crippen molar-refractivity contribution in [1.29, 1.82) is 0 Å². The fraction of sp³-hybridized carbons (Fsp3) is 0.455. The van der Waals surface area contributed by atoms with E-state index in [1.165, 1.54) is 10.4 Å². The van der Waals surface area contributed by atoms with Crippen molar-refractivity contribution in [2.24, 2.45) is 5.73 Å². The summed E-state index contributed by atoms with van der Waals surface area (Å²) in [6.07, 6.45) is 1.64. The quantitative estimate of drug-likeness (QED) is 0.845. The molecule has 0 aliphatic carbocycles. The first kappa shape index (κ1) is 17.2. The lowest BCUT2D eigenvalue weighted by atomic mass is 10.1. The van der Waals surface area contributed by atoms with Gasteiger partial charge in [-0.05, 0) is 31.0 Å². The van der Waals surface area contributed by atoms with Crippen LogP contribution in [0.15, 0.2) is 27.6 Å². The maximum atomic E-state index is 12.5. The highest BCUT2D eigenvalue weighted by molar-refractivity contribution is 9.10. The van der Waals surface area contributed by atoms with E-state index in [-0.39, 0.29) is 28.4 Å². The molecule has 108 valence electrons. The number of halogens is 3. The summed E-state index contributed by atoms with van der Waals surface area (Å²) in [6, 6.07) is 4.71. The van der Waals surface area contributed by atoms with Gasteiger partial charge >= 0.3 is 0 Å². The Bertz CT molecular complexity index is 554. The Morgan fingerprint density at radius 2 is 2.11 bits per heavy atom. The molecule has 1 aromatic carbocycles. The zero-order valence-electron chi connectivity index (χ0n) is 10.1. The van der Waals surface area contributed by atoms with Crippen LogP contribution in [0.4, 0.5) is 0 Å². The van der Waals surface area contributed by atoms with Crippen molar-refractivity contribution in [1.82, 2.24) is 4.31 Å². The SMILES string of the molecule is Cl.NC1CCCN(S(=O)(=O)c2cc(Br)ccc2Cl)C1. The van der Waals surface area contributed by atoms with E-state index in [1.807, 2.05) is 0 Å². The van der Waals surface area contributed by atoms with Gasteiger partial charge in [-0.1, -0.05) is 27.5 Å². The number of sulfonamides is 1. The molecule has 1 atom stereocenters. The van der Waals surface area contributed by atoms with Crippen LogP contribution in [-0.2, 0) is 10.0 Å². The Labute approximate surface area is 132 Å². The number of benzene rings is 1. The van der Waals surface area contributed by atoms with Gasteiger partial charge in [-0.2, -0.15) is 4.31 Å². The molecule has 0 aromatic heterocycles. The number of hydrogen-bond donors (Lipinski definition) is 1. The number of hydrogen-bond acceptors (Lipinski definition) is 3. The maximum Gasteiger partial charge on any atom is 0.244 e. The van der Waals surface area contributed by atoms with Crippen LogP contribution in [0.3, 0.4) is 0 Å². The van der Waals surface area contributed by atoms with Crippen molar-refractivity contribution in [3.8, 4) is 0 Å². The second-order valence-corrected chi connectivity index (χ2v) is 7.57. The first-order chi connectivity index (χ1) is 8.41. The average Bonchev–Trinajstić information content (AvgIpc) is 2.32. The molecule has 4 nitrogen and oxygen atoms in total. The topological polar surface area (TPSA) is 63.4 Å². The van der Waals surface area contributed by atoms with E-state index in [4.69, 9.17) is 17.3 Å². The molecule has 2 N–H and O–H groups in total. The molecule has 8 heteroatoms. The molecule has 0 saturated carbocycles. The Kier molecular flexibility index (Phi) is 6.10. The van der Waals surface area contributed by atoms with Crippen LogP contribution in [0.2, 0.25) is 5.02 Å². The predicted octanol–water partition coefficient (Wildman–Crippen LogP) is 2.64. The van der Waals surface area contributed by atoms with Crippen LogP contribution in [0.1, 0.15) is 12.8 Å². The third kappa shape index (κ3) is 3.83. The van der Waals surface area contributed by atoms with Gasteiger partial charge in [0.05, 0.1) is 5.02 Å². The lowest BCUT2D eigenvalue weighted by Crippen LogP contribution is -2.45. The normalized spacial score (nSPS) is 20.9. The van der Waals surface area contributed by atoms with Crippen molar-refractivity contribution >= 4 is 50.0 Å². The number of nitrogens with two attached hydrogens (primary N) is 1. The summed E-state index contributed by atoms with van der Waals surface area (Å²) in [5.41, 5.74) is 5.82. The molecule has 0 spiro atoms. The highest BCUT2D eigenvalue weighted by Gasteiger charge is 2.30. The van der Waals surface area contributed by atoms with Gasteiger partial charge in [0.15, 0.2) is 0 Å². The summed E-state index contributed by atoms with van der Waals surface area (Å²) >= 11 is 9.24. The van der Waals surface area contributed by atoms with E-state index >= 15 is 0 Å². The van der Waals surface area contributed by atoms with Crippen molar-refractivity contribution in [3.05, 3.63) is 27.7 Å². The third-order valence-corrected chi connectivity index (χ3v) is 5.77. The van der Waals surface area contributed by atoms with Crippen LogP contribution < -0.4 is 5.73 Å². The van der Waals surface area contributed by atoms with E-state index in [1.54, 1.807) is 12.1 Å². The summed E-state index contributed by atoms with van der Waals surface area (Å²) in [5, 5.41) is 0.234. The molecule has 1 aromatic rings. The van der Waals surface area contributed by atoms with Gasteiger partial charge in [0.25, 0.3) is 0 Å². The summed E-state index contributed by atoms with van der Waals surface area (Å²) in [7, 11) is -3.56. The van der Waals surface area contributed by atoms with Crippen LogP contribution in [0.25, 0.3) is 0 Å². The number of rotatable bonds is 2. The second-order valence-electron chi connectivity index (χ2n) is 4.34. The van der Waals surface area contributed by atoms with Gasteiger partial charge in [0.2, 0.25) is 10.0 Å². The first-order valence-corrected chi connectivity index (χ1v) is 8.23. The summed E-state index contributed by atoms with van der Waals surface area (Å²) < 4.78 is 27.0. The third-order valence-electron chi connectivity index (χ3n) is 2.93. The molecule has 1 fully saturated rings. The van der Waals surface area contributed by atoms with Crippen molar-refractivity contribution in [2.75, 3.05) is 13.1 Å². The molecular weight excluding hydrogens is 375 g/mol. The van der Waals surface area contributed by atoms with Crippen LogP contribution >= 0.6 is 39.9 Å². The molecule has 1 heterocycles. The van der Waals surface area contributed by atoms with Crippen LogP contribution in [0, 0.1) is 0 Å². The summed E-state index contributed by atoms with van der Waals surface area (Å²) in [5.74, 6) is 0. The summed E-state index contributed by atoms with van der Waals surface area (Å²) in [4.78, 5) is 0.132. The number of nitrogens with zero attached hydrogens (tertiary/aromatic N) is 1. The lowest BCUT2D eigenvalue weighted by Gasteiger charge is -2.30. The molecule has 2 rings (SSSR count). The fourth-order valence-electron chi connectivity index (χ4n) is 2.01. The highest BCUT2D eigenvalue weighted by Crippen LogP contribution is 2.29. The van der Waals surface area contributed by atoms with E-state index in [9.17, 15) is 8.42 Å². The van der Waals surface area contributed by atoms with Gasteiger partial charge in [-0.25, -0.2) is 8.42 Å². The van der Waals surface area contributed by atoms with E-state index in [2.05, 4.69) is 15.9 Å². The number of piperidine rings is 1. The lowest BCUT2D eigenvalue weighted by molar-refractivity contribution is 0.316. The van der Waals surface area contributed by atoms with Crippen molar-refractivity contribution < 1.29 is 8.42 Å². The van der Waals surface area contributed by atoms with E-state index in [0.717, 1.165) is 12.8 Å². The fourth-order valence-corrected chi connectivity index (χ4v) is 4.55. The predicted molar refractivity (Wildman–Crippen MR) is 82.4 cm³/mol. The largest absolute Gasteiger partial charge is 0.327 e. The molecule has 19 heavy (non-hydrogen) atoms. The van der Waals surface area contributed by atoms with Gasteiger partial charge in [-0.3, -0.25) is 0 Å². The van der Waals surface area contributed by atoms with Gasteiger partial charge < -0.3 is 5.73 Å². The van der Waals surface area contributed by atoms with Gasteiger partial charge in [0, 0.05) is 23.6 Å². The summed E-state index contributed by atoms with van der Waals surface area (Å²) in [6.45, 7) is 0.851. The molecule has 0 amide bonds.